The van der Waals surface area contributed by atoms with Crippen LogP contribution in [0.3, 0.4) is 0 Å². The molecule has 1 saturated carbocycles. The standard InChI is InChI=1S/C13H16N2O4/c1-8(13(17)14-10-6-12(16)7-10)9-3-2-4-11(5-9)15(18)19/h2-5,8,10,12,16H,6-7H2,1H3,(H,14,17). The highest BCUT2D eigenvalue weighted by atomic mass is 16.6. The molecule has 0 aromatic heterocycles. The molecule has 1 amide bonds. The summed E-state index contributed by atoms with van der Waals surface area (Å²) >= 11 is 0. The summed E-state index contributed by atoms with van der Waals surface area (Å²) in [6, 6.07) is 6.11. The van der Waals surface area contributed by atoms with E-state index in [1.54, 1.807) is 19.1 Å². The molecule has 1 fully saturated rings. The smallest absolute Gasteiger partial charge is 0.269 e. The Labute approximate surface area is 110 Å². The second kappa shape index (κ2) is 5.36. The van der Waals surface area contributed by atoms with Gasteiger partial charge in [-0.05, 0) is 25.3 Å². The van der Waals surface area contributed by atoms with Crippen molar-refractivity contribution in [3.63, 3.8) is 0 Å². The van der Waals surface area contributed by atoms with Gasteiger partial charge in [0.2, 0.25) is 5.91 Å². The van der Waals surface area contributed by atoms with Crippen LogP contribution in [0.5, 0.6) is 0 Å². The zero-order valence-corrected chi connectivity index (χ0v) is 10.6. The highest BCUT2D eigenvalue weighted by molar-refractivity contribution is 5.83. The van der Waals surface area contributed by atoms with Crippen LogP contribution in [0.4, 0.5) is 5.69 Å². The first-order chi connectivity index (χ1) is 8.97. The zero-order valence-electron chi connectivity index (χ0n) is 10.6. The van der Waals surface area contributed by atoms with Crippen molar-refractivity contribution in [2.75, 3.05) is 0 Å². The molecule has 0 aliphatic heterocycles. The third-order valence-corrected chi connectivity index (χ3v) is 3.43. The van der Waals surface area contributed by atoms with Crippen molar-refractivity contribution < 1.29 is 14.8 Å². The van der Waals surface area contributed by atoms with Gasteiger partial charge in [-0.25, -0.2) is 0 Å². The third kappa shape index (κ3) is 3.08. The second-order valence-electron chi connectivity index (χ2n) is 4.90. The fourth-order valence-corrected chi connectivity index (χ4v) is 2.09. The zero-order chi connectivity index (χ0) is 14.0. The lowest BCUT2D eigenvalue weighted by molar-refractivity contribution is -0.384. The summed E-state index contributed by atoms with van der Waals surface area (Å²) in [5.74, 6) is -0.616. The van der Waals surface area contributed by atoms with Crippen LogP contribution in [-0.2, 0) is 4.79 Å². The molecule has 0 bridgehead atoms. The first kappa shape index (κ1) is 13.5. The summed E-state index contributed by atoms with van der Waals surface area (Å²) in [5.41, 5.74) is 0.600. The van der Waals surface area contributed by atoms with Crippen LogP contribution in [0.25, 0.3) is 0 Å². The summed E-state index contributed by atoms with van der Waals surface area (Å²) in [6.45, 7) is 1.71. The van der Waals surface area contributed by atoms with E-state index in [1.807, 2.05) is 0 Å². The minimum Gasteiger partial charge on any atom is -0.393 e. The second-order valence-corrected chi connectivity index (χ2v) is 4.90. The summed E-state index contributed by atoms with van der Waals surface area (Å²) in [7, 11) is 0. The van der Waals surface area contributed by atoms with Crippen molar-refractivity contribution in [1.82, 2.24) is 5.32 Å². The number of benzene rings is 1. The molecule has 1 aliphatic carbocycles. The molecule has 2 N–H and O–H groups in total. The molecule has 1 aromatic carbocycles. The van der Waals surface area contributed by atoms with E-state index >= 15 is 0 Å². The number of aliphatic hydroxyl groups excluding tert-OH is 1. The Morgan fingerprint density at radius 3 is 2.79 bits per heavy atom. The molecule has 1 aliphatic rings. The molecule has 0 radical (unpaired) electrons. The quantitative estimate of drug-likeness (QED) is 0.634. The van der Waals surface area contributed by atoms with Gasteiger partial charge in [-0.15, -0.1) is 0 Å². The molecule has 2 rings (SSSR count). The van der Waals surface area contributed by atoms with Gasteiger partial charge in [-0.3, -0.25) is 14.9 Å². The molecule has 1 atom stereocenters. The minimum absolute atomic E-state index is 0.0173. The lowest BCUT2D eigenvalue weighted by Crippen LogP contribution is -2.47. The first-order valence-electron chi connectivity index (χ1n) is 6.20. The average Bonchev–Trinajstić information content (AvgIpc) is 2.36. The maximum absolute atomic E-state index is 12.0. The van der Waals surface area contributed by atoms with Crippen LogP contribution in [0.1, 0.15) is 31.2 Å². The number of carbonyl (C=O) groups is 1. The van der Waals surface area contributed by atoms with Gasteiger partial charge in [-0.1, -0.05) is 12.1 Å². The summed E-state index contributed by atoms with van der Waals surface area (Å²) in [6.07, 6.45) is 0.833. The first-order valence-corrected chi connectivity index (χ1v) is 6.20. The Bertz CT molecular complexity index is 497. The molecule has 19 heavy (non-hydrogen) atoms. The molecule has 102 valence electrons. The highest BCUT2D eigenvalue weighted by Crippen LogP contribution is 2.23. The number of rotatable bonds is 4. The van der Waals surface area contributed by atoms with E-state index in [1.165, 1.54) is 12.1 Å². The number of nitro benzene ring substituents is 1. The fourth-order valence-electron chi connectivity index (χ4n) is 2.09. The van der Waals surface area contributed by atoms with Crippen LogP contribution >= 0.6 is 0 Å². The van der Waals surface area contributed by atoms with Crippen LogP contribution in [0.15, 0.2) is 24.3 Å². The lowest BCUT2D eigenvalue weighted by Gasteiger charge is -2.32. The predicted octanol–water partition coefficient (Wildman–Crippen LogP) is 1.34. The normalized spacial score (nSPS) is 23.3. The molecular formula is C13H16N2O4. The number of amides is 1. The molecular weight excluding hydrogens is 248 g/mol. The van der Waals surface area contributed by atoms with Gasteiger partial charge >= 0.3 is 0 Å². The fraction of sp³-hybridized carbons (Fsp3) is 0.462. The van der Waals surface area contributed by atoms with Crippen molar-refractivity contribution in [2.45, 2.75) is 37.8 Å². The van der Waals surface area contributed by atoms with E-state index in [0.717, 1.165) is 0 Å². The average molecular weight is 264 g/mol. The van der Waals surface area contributed by atoms with Gasteiger partial charge in [0.15, 0.2) is 0 Å². The van der Waals surface area contributed by atoms with Crippen molar-refractivity contribution >= 4 is 11.6 Å². The van der Waals surface area contributed by atoms with E-state index in [9.17, 15) is 14.9 Å². The lowest BCUT2D eigenvalue weighted by atomic mass is 9.88. The number of nitrogens with zero attached hydrogens (tertiary/aromatic N) is 1. The molecule has 6 heteroatoms. The third-order valence-electron chi connectivity index (χ3n) is 3.43. The monoisotopic (exact) mass is 264 g/mol. The molecule has 0 spiro atoms. The van der Waals surface area contributed by atoms with Crippen LogP contribution in [-0.4, -0.2) is 28.1 Å². The van der Waals surface area contributed by atoms with Gasteiger partial charge in [0.05, 0.1) is 16.9 Å². The summed E-state index contributed by atoms with van der Waals surface area (Å²) in [5, 5.41) is 22.7. The number of aliphatic hydroxyl groups is 1. The number of nitro groups is 1. The number of nitrogens with one attached hydrogen (secondary N) is 1. The van der Waals surface area contributed by atoms with Gasteiger partial charge < -0.3 is 10.4 Å². The van der Waals surface area contributed by atoms with E-state index in [-0.39, 0.29) is 23.7 Å². The Balaban J connectivity index is 2.02. The number of hydrogen-bond donors (Lipinski definition) is 2. The van der Waals surface area contributed by atoms with Crippen LogP contribution in [0.2, 0.25) is 0 Å². The summed E-state index contributed by atoms with van der Waals surface area (Å²) < 4.78 is 0. The Kier molecular flexibility index (Phi) is 3.80. The Hall–Kier alpha value is -1.95. The summed E-state index contributed by atoms with van der Waals surface area (Å²) in [4.78, 5) is 22.2. The topological polar surface area (TPSA) is 92.5 Å². The van der Waals surface area contributed by atoms with Crippen LogP contribution in [0, 0.1) is 10.1 Å². The van der Waals surface area contributed by atoms with Gasteiger partial charge in [-0.2, -0.15) is 0 Å². The SMILES string of the molecule is CC(C(=O)NC1CC(O)C1)c1cccc([N+](=O)[O-])c1. The highest BCUT2D eigenvalue weighted by Gasteiger charge is 2.30. The van der Waals surface area contributed by atoms with Crippen molar-refractivity contribution in [2.24, 2.45) is 0 Å². The Morgan fingerprint density at radius 1 is 1.53 bits per heavy atom. The van der Waals surface area contributed by atoms with Gasteiger partial charge in [0, 0.05) is 18.2 Å². The molecule has 0 saturated heterocycles. The van der Waals surface area contributed by atoms with Crippen molar-refractivity contribution in [3.05, 3.63) is 39.9 Å². The van der Waals surface area contributed by atoms with Gasteiger partial charge in [0.25, 0.3) is 5.69 Å². The number of hydrogen-bond acceptors (Lipinski definition) is 4. The van der Waals surface area contributed by atoms with Crippen molar-refractivity contribution in [3.8, 4) is 0 Å². The predicted molar refractivity (Wildman–Crippen MR) is 68.7 cm³/mol. The maximum Gasteiger partial charge on any atom is 0.269 e. The molecule has 6 nitrogen and oxygen atoms in total. The van der Waals surface area contributed by atoms with E-state index in [4.69, 9.17) is 5.11 Å². The van der Waals surface area contributed by atoms with Crippen LogP contribution < -0.4 is 5.32 Å². The maximum atomic E-state index is 12.0. The van der Waals surface area contributed by atoms with Gasteiger partial charge in [0.1, 0.15) is 0 Å². The van der Waals surface area contributed by atoms with E-state index in [2.05, 4.69) is 5.32 Å². The molecule has 0 heterocycles. The van der Waals surface area contributed by atoms with Crippen molar-refractivity contribution in [1.29, 1.82) is 0 Å². The minimum atomic E-state index is -0.476. The molecule has 1 unspecified atom stereocenters. The van der Waals surface area contributed by atoms with E-state index in [0.29, 0.717) is 18.4 Å². The largest absolute Gasteiger partial charge is 0.393 e. The number of carbonyl (C=O) groups excluding carboxylic acids is 1. The Morgan fingerprint density at radius 2 is 2.21 bits per heavy atom. The molecule has 1 aromatic rings. The number of non-ortho nitro benzene ring substituents is 1. The van der Waals surface area contributed by atoms with E-state index < -0.39 is 10.8 Å².